The number of furan rings is 1. The molecule has 1 amide bonds. The molecule has 9 heteroatoms. The van der Waals surface area contributed by atoms with Crippen LogP contribution < -0.4 is 15.5 Å². The SMILES string of the molecule is COCC(=O)Nc1ccc(N2C(=S)N[C@@H](c3ccccn3)[C@H]2c2ccc(-c3ccc(F)cc3)o2)cc1C. The monoisotopic (exact) mass is 516 g/mol. The third kappa shape index (κ3) is 5.09. The maximum atomic E-state index is 13.4. The lowest BCUT2D eigenvalue weighted by atomic mass is 10.0. The minimum atomic E-state index is -0.343. The number of thiocarbonyl (C=S) groups is 1. The van der Waals surface area contributed by atoms with Gasteiger partial charge in [-0.05, 0) is 91.4 Å². The van der Waals surface area contributed by atoms with E-state index in [9.17, 15) is 9.18 Å². The molecule has 0 unspecified atom stereocenters. The van der Waals surface area contributed by atoms with Crippen molar-refractivity contribution in [3.8, 4) is 11.3 Å². The Bertz CT molecular complexity index is 1430. The first-order valence-electron chi connectivity index (χ1n) is 11.7. The van der Waals surface area contributed by atoms with Gasteiger partial charge in [-0.3, -0.25) is 9.78 Å². The van der Waals surface area contributed by atoms with Crippen LogP contribution in [0, 0.1) is 12.7 Å². The number of carbonyl (C=O) groups is 1. The molecule has 1 fully saturated rings. The van der Waals surface area contributed by atoms with Crippen molar-refractivity contribution >= 4 is 34.6 Å². The number of carbonyl (C=O) groups excluding carboxylic acids is 1. The van der Waals surface area contributed by atoms with Gasteiger partial charge in [0.05, 0.1) is 11.7 Å². The van der Waals surface area contributed by atoms with Gasteiger partial charge in [-0.15, -0.1) is 0 Å². The Labute approximate surface area is 219 Å². The molecule has 1 aliphatic rings. The molecule has 7 nitrogen and oxygen atoms in total. The number of nitrogens with zero attached hydrogens (tertiary/aromatic N) is 2. The number of benzene rings is 2. The van der Waals surface area contributed by atoms with Crippen LogP contribution in [0.15, 0.2) is 83.4 Å². The molecule has 2 aromatic heterocycles. The van der Waals surface area contributed by atoms with Crippen molar-refractivity contribution in [2.45, 2.75) is 19.0 Å². The molecule has 2 aromatic carbocycles. The van der Waals surface area contributed by atoms with Gasteiger partial charge in [0.15, 0.2) is 5.11 Å². The fourth-order valence-corrected chi connectivity index (χ4v) is 4.80. The summed E-state index contributed by atoms with van der Waals surface area (Å²) in [6, 6.07) is 20.8. The highest BCUT2D eigenvalue weighted by Gasteiger charge is 2.42. The summed E-state index contributed by atoms with van der Waals surface area (Å²) in [5.41, 5.74) is 3.99. The number of amides is 1. The molecule has 2 atom stereocenters. The summed E-state index contributed by atoms with van der Waals surface area (Å²) in [4.78, 5) is 18.6. The summed E-state index contributed by atoms with van der Waals surface area (Å²) in [7, 11) is 1.48. The number of anilines is 2. The van der Waals surface area contributed by atoms with E-state index in [4.69, 9.17) is 21.4 Å². The van der Waals surface area contributed by atoms with Crippen LogP contribution in [0.1, 0.15) is 29.1 Å². The zero-order valence-electron chi connectivity index (χ0n) is 20.3. The molecule has 0 aliphatic carbocycles. The number of aryl methyl sites for hydroxylation is 1. The van der Waals surface area contributed by atoms with E-state index < -0.39 is 0 Å². The van der Waals surface area contributed by atoms with Crippen LogP contribution in [0.3, 0.4) is 0 Å². The Hall–Kier alpha value is -4.08. The molecule has 1 aliphatic heterocycles. The van der Waals surface area contributed by atoms with Crippen LogP contribution in [0.5, 0.6) is 0 Å². The van der Waals surface area contributed by atoms with E-state index in [0.29, 0.717) is 22.3 Å². The minimum absolute atomic E-state index is 0.0238. The molecule has 37 heavy (non-hydrogen) atoms. The van der Waals surface area contributed by atoms with Gasteiger partial charge in [0.2, 0.25) is 5.91 Å². The zero-order chi connectivity index (χ0) is 25.9. The van der Waals surface area contributed by atoms with Gasteiger partial charge >= 0.3 is 0 Å². The standard InChI is InChI=1S/C28H25FN4O3S/c1-17-15-20(10-11-21(17)31-25(34)16-35-2)33-27(26(32-28(33)37)22-5-3-4-14-30-22)24-13-12-23(36-24)18-6-8-19(29)9-7-18/h3-15,26-27H,16H2,1-2H3,(H,31,34)(H,32,37)/t26-,27+/m0/s1. The first-order valence-corrected chi connectivity index (χ1v) is 12.1. The number of nitrogens with one attached hydrogen (secondary N) is 2. The van der Waals surface area contributed by atoms with E-state index in [1.165, 1.54) is 19.2 Å². The summed E-state index contributed by atoms with van der Waals surface area (Å²) in [6.07, 6.45) is 1.74. The highest BCUT2D eigenvalue weighted by Crippen LogP contribution is 2.43. The van der Waals surface area contributed by atoms with E-state index >= 15 is 0 Å². The molecule has 5 rings (SSSR count). The van der Waals surface area contributed by atoms with Crippen LogP contribution in [-0.4, -0.2) is 29.7 Å². The molecule has 2 N–H and O–H groups in total. The third-order valence-electron chi connectivity index (χ3n) is 6.18. The summed E-state index contributed by atoms with van der Waals surface area (Å²) >= 11 is 5.79. The normalized spacial score (nSPS) is 17.1. The quantitative estimate of drug-likeness (QED) is 0.312. The van der Waals surface area contributed by atoms with Crippen LogP contribution in [0.4, 0.5) is 15.8 Å². The van der Waals surface area contributed by atoms with Gasteiger partial charge < -0.3 is 24.7 Å². The molecular formula is C28H25FN4O3S. The van der Waals surface area contributed by atoms with Crippen LogP contribution >= 0.6 is 12.2 Å². The Balaban J connectivity index is 1.53. The largest absolute Gasteiger partial charge is 0.459 e. The van der Waals surface area contributed by atoms with Crippen molar-refractivity contribution in [3.05, 3.63) is 102 Å². The Morgan fingerprint density at radius 2 is 1.97 bits per heavy atom. The first kappa shape index (κ1) is 24.6. The zero-order valence-corrected chi connectivity index (χ0v) is 21.1. The number of rotatable bonds is 7. The van der Waals surface area contributed by atoms with Gasteiger partial charge in [0.1, 0.15) is 30.0 Å². The average Bonchev–Trinajstić information content (AvgIpc) is 3.51. The summed E-state index contributed by atoms with van der Waals surface area (Å²) < 4.78 is 24.7. The second-order valence-electron chi connectivity index (χ2n) is 8.69. The summed E-state index contributed by atoms with van der Waals surface area (Å²) in [5.74, 6) is 0.769. The van der Waals surface area contributed by atoms with Crippen molar-refractivity contribution < 1.29 is 18.3 Å². The number of methoxy groups -OCH3 is 1. The molecule has 188 valence electrons. The molecule has 0 radical (unpaired) electrons. The van der Waals surface area contributed by atoms with E-state index in [0.717, 1.165) is 22.5 Å². The maximum absolute atomic E-state index is 13.4. The van der Waals surface area contributed by atoms with Crippen molar-refractivity contribution in [1.82, 2.24) is 10.3 Å². The Morgan fingerprint density at radius 1 is 1.16 bits per heavy atom. The minimum Gasteiger partial charge on any atom is -0.459 e. The predicted octanol–water partition coefficient (Wildman–Crippen LogP) is 5.55. The number of aromatic nitrogens is 1. The summed E-state index contributed by atoms with van der Waals surface area (Å²) in [5, 5.41) is 6.79. The number of pyridine rings is 1. The van der Waals surface area contributed by atoms with Gasteiger partial charge in [-0.25, -0.2) is 4.39 Å². The van der Waals surface area contributed by atoms with Crippen molar-refractivity contribution in [2.75, 3.05) is 23.9 Å². The Kier molecular flexibility index (Phi) is 6.98. The molecule has 4 aromatic rings. The molecule has 3 heterocycles. The number of halogens is 1. The lowest BCUT2D eigenvalue weighted by Gasteiger charge is -2.26. The van der Waals surface area contributed by atoms with Gasteiger partial charge in [-0.2, -0.15) is 0 Å². The average molecular weight is 517 g/mol. The van der Waals surface area contributed by atoms with Crippen molar-refractivity contribution in [2.24, 2.45) is 0 Å². The summed E-state index contributed by atoms with van der Waals surface area (Å²) in [6.45, 7) is 1.90. The fraction of sp³-hybridized carbons (Fsp3) is 0.179. The van der Waals surface area contributed by atoms with Gasteiger partial charge in [0.25, 0.3) is 0 Å². The fourth-order valence-electron chi connectivity index (χ4n) is 4.46. The van der Waals surface area contributed by atoms with Gasteiger partial charge in [-0.1, -0.05) is 6.07 Å². The van der Waals surface area contributed by atoms with Crippen LogP contribution in [-0.2, 0) is 9.53 Å². The molecular weight excluding hydrogens is 491 g/mol. The highest BCUT2D eigenvalue weighted by molar-refractivity contribution is 7.80. The molecule has 0 bridgehead atoms. The second-order valence-corrected chi connectivity index (χ2v) is 9.07. The first-order chi connectivity index (χ1) is 17.9. The number of hydrogen-bond donors (Lipinski definition) is 2. The van der Waals surface area contributed by atoms with Crippen LogP contribution in [0.2, 0.25) is 0 Å². The third-order valence-corrected chi connectivity index (χ3v) is 6.50. The lowest BCUT2D eigenvalue weighted by molar-refractivity contribution is -0.119. The van der Waals surface area contributed by atoms with E-state index in [-0.39, 0.29) is 30.4 Å². The van der Waals surface area contributed by atoms with E-state index in [2.05, 4.69) is 15.6 Å². The number of ether oxygens (including phenoxy) is 1. The molecule has 0 saturated carbocycles. The van der Waals surface area contributed by atoms with Crippen LogP contribution in [0.25, 0.3) is 11.3 Å². The highest BCUT2D eigenvalue weighted by atomic mass is 32.1. The predicted molar refractivity (Wildman–Crippen MR) is 144 cm³/mol. The van der Waals surface area contributed by atoms with Crippen molar-refractivity contribution in [3.63, 3.8) is 0 Å². The van der Waals surface area contributed by atoms with Crippen molar-refractivity contribution in [1.29, 1.82) is 0 Å². The smallest absolute Gasteiger partial charge is 0.250 e. The lowest BCUT2D eigenvalue weighted by Crippen LogP contribution is -2.29. The second kappa shape index (κ2) is 10.5. The van der Waals surface area contributed by atoms with E-state index in [1.54, 1.807) is 18.3 Å². The number of hydrogen-bond acceptors (Lipinski definition) is 5. The molecule has 0 spiro atoms. The molecule has 1 saturated heterocycles. The van der Waals surface area contributed by atoms with Gasteiger partial charge in [0, 0.05) is 30.2 Å². The van der Waals surface area contributed by atoms with E-state index in [1.807, 2.05) is 60.4 Å². The topological polar surface area (TPSA) is 79.6 Å². The Morgan fingerprint density at radius 3 is 2.68 bits per heavy atom. The maximum Gasteiger partial charge on any atom is 0.250 e.